The van der Waals surface area contributed by atoms with Crippen LogP contribution >= 0.6 is 0 Å². The van der Waals surface area contributed by atoms with E-state index in [1.54, 1.807) is 0 Å². The van der Waals surface area contributed by atoms with Crippen LogP contribution in [0.15, 0.2) is 72.9 Å². The summed E-state index contributed by atoms with van der Waals surface area (Å²) in [6.45, 7) is 3.96. The molecule has 3 heterocycles. The molecule has 2 aromatic carbocycles. The van der Waals surface area contributed by atoms with Gasteiger partial charge in [-0.1, -0.05) is 36.4 Å². The summed E-state index contributed by atoms with van der Waals surface area (Å²) in [5.74, 6) is 1.07. The zero-order chi connectivity index (χ0) is 24.0. The van der Waals surface area contributed by atoms with Crippen molar-refractivity contribution < 1.29 is 14.3 Å². The van der Waals surface area contributed by atoms with Crippen molar-refractivity contribution in [3.05, 3.63) is 89.7 Å². The fourth-order valence-electron chi connectivity index (χ4n) is 4.91. The van der Waals surface area contributed by atoms with Crippen molar-refractivity contribution in [3.8, 4) is 5.75 Å². The Morgan fingerprint density at radius 1 is 0.971 bits per heavy atom. The number of pyridine rings is 1. The molecule has 1 saturated heterocycles. The van der Waals surface area contributed by atoms with Crippen LogP contribution in [0.5, 0.6) is 5.75 Å². The monoisotopic (exact) mass is 470 g/mol. The van der Waals surface area contributed by atoms with Crippen LogP contribution in [0.1, 0.15) is 40.4 Å². The van der Waals surface area contributed by atoms with Gasteiger partial charge in [-0.2, -0.15) is 0 Å². The van der Waals surface area contributed by atoms with E-state index in [9.17, 15) is 9.59 Å². The van der Waals surface area contributed by atoms with E-state index in [1.807, 2.05) is 71.8 Å². The van der Waals surface area contributed by atoms with E-state index < -0.39 is 0 Å². The quantitative estimate of drug-likeness (QED) is 0.571. The molecule has 2 aliphatic rings. The molecule has 3 aromatic rings. The maximum Gasteiger partial charge on any atom is 0.265 e. The number of fused-ring (bicyclic) bond motifs is 1. The molecule has 0 aliphatic carbocycles. The number of carbonyl (C=O) groups excluding carboxylic acids is 2. The van der Waals surface area contributed by atoms with Gasteiger partial charge in [-0.15, -0.1) is 0 Å². The number of nitrogens with one attached hydrogen (secondary N) is 1. The molecule has 1 fully saturated rings. The van der Waals surface area contributed by atoms with Crippen LogP contribution < -0.4 is 15.0 Å². The molecule has 5 rings (SSSR count). The fourth-order valence-corrected chi connectivity index (χ4v) is 4.91. The summed E-state index contributed by atoms with van der Waals surface area (Å²) in [7, 11) is 0. The first-order chi connectivity index (χ1) is 17.2. The molecule has 2 amide bonds. The predicted molar refractivity (Wildman–Crippen MR) is 135 cm³/mol. The number of piperidine rings is 1. The molecule has 0 unspecified atom stereocenters. The second-order valence-corrected chi connectivity index (χ2v) is 9.01. The van der Waals surface area contributed by atoms with Gasteiger partial charge in [0.1, 0.15) is 5.75 Å². The number of amides is 2. The molecule has 0 bridgehead atoms. The van der Waals surface area contributed by atoms with Crippen molar-refractivity contribution in [1.82, 2.24) is 15.2 Å². The normalized spacial score (nSPS) is 16.5. The first kappa shape index (κ1) is 23.1. The number of para-hydroxylation sites is 2. The van der Waals surface area contributed by atoms with Crippen molar-refractivity contribution in [2.75, 3.05) is 37.7 Å². The zero-order valence-corrected chi connectivity index (χ0v) is 19.7. The Balaban J connectivity index is 1.15. The molecule has 7 heteroatoms. The Hall–Kier alpha value is -3.71. The average Bonchev–Trinajstić information content (AvgIpc) is 2.92. The number of ether oxygens (including phenoxy) is 1. The number of hydrogen-bond acceptors (Lipinski definition) is 5. The van der Waals surface area contributed by atoms with Crippen LogP contribution in [0.4, 0.5) is 5.69 Å². The van der Waals surface area contributed by atoms with Crippen molar-refractivity contribution in [2.45, 2.75) is 25.3 Å². The molecule has 0 atom stereocenters. The van der Waals surface area contributed by atoms with Crippen LogP contribution in [0, 0.1) is 0 Å². The van der Waals surface area contributed by atoms with E-state index in [0.29, 0.717) is 24.6 Å². The van der Waals surface area contributed by atoms with Gasteiger partial charge in [-0.3, -0.25) is 14.6 Å². The Kier molecular flexibility index (Phi) is 7.04. The zero-order valence-electron chi connectivity index (χ0n) is 19.7. The average molecular weight is 471 g/mol. The van der Waals surface area contributed by atoms with Gasteiger partial charge in [-0.05, 0) is 61.8 Å². The highest BCUT2D eigenvalue weighted by molar-refractivity contribution is 5.97. The van der Waals surface area contributed by atoms with Gasteiger partial charge in [0.05, 0.1) is 5.69 Å². The molecule has 35 heavy (non-hydrogen) atoms. The summed E-state index contributed by atoms with van der Waals surface area (Å²) in [6.07, 6.45) is 3.85. The highest BCUT2D eigenvalue weighted by Crippen LogP contribution is 2.32. The van der Waals surface area contributed by atoms with Gasteiger partial charge in [0.15, 0.2) is 6.61 Å². The predicted octanol–water partition coefficient (Wildman–Crippen LogP) is 3.62. The van der Waals surface area contributed by atoms with Gasteiger partial charge >= 0.3 is 0 Å². The Morgan fingerprint density at radius 3 is 2.57 bits per heavy atom. The molecule has 2 aliphatic heterocycles. The van der Waals surface area contributed by atoms with Gasteiger partial charge in [0.25, 0.3) is 11.8 Å². The van der Waals surface area contributed by atoms with E-state index in [0.717, 1.165) is 55.2 Å². The lowest BCUT2D eigenvalue weighted by Gasteiger charge is -2.35. The van der Waals surface area contributed by atoms with E-state index in [2.05, 4.69) is 16.3 Å². The lowest BCUT2D eigenvalue weighted by Crippen LogP contribution is -2.45. The second-order valence-electron chi connectivity index (χ2n) is 9.01. The number of benzene rings is 2. The largest absolute Gasteiger partial charge is 0.482 e. The first-order valence-corrected chi connectivity index (χ1v) is 12.2. The minimum atomic E-state index is -0.0746. The third kappa shape index (κ3) is 5.35. The number of nitrogens with zero attached hydrogens (tertiary/aromatic N) is 3. The number of hydrogen-bond donors (Lipinski definition) is 1. The number of anilines is 1. The number of likely N-dealkylation sites (tertiary alicyclic amines) is 1. The summed E-state index contributed by atoms with van der Waals surface area (Å²) >= 11 is 0. The van der Waals surface area contributed by atoms with Crippen molar-refractivity contribution >= 4 is 17.5 Å². The molecule has 0 radical (unpaired) electrons. The number of carbonyl (C=O) groups is 2. The third-order valence-electron chi connectivity index (χ3n) is 6.82. The lowest BCUT2D eigenvalue weighted by molar-refractivity contribution is -0.121. The number of aromatic nitrogens is 1. The Labute approximate surface area is 205 Å². The van der Waals surface area contributed by atoms with Crippen molar-refractivity contribution in [3.63, 3.8) is 0 Å². The van der Waals surface area contributed by atoms with E-state index in [1.165, 1.54) is 0 Å². The number of rotatable bonds is 7. The molecule has 180 valence electrons. The Morgan fingerprint density at radius 2 is 1.74 bits per heavy atom. The SMILES string of the molecule is O=C(NCc1cccnc1C1CCN(CCN2C(=O)COc3ccccc32)CC1)c1ccccc1. The first-order valence-electron chi connectivity index (χ1n) is 12.2. The van der Waals surface area contributed by atoms with Gasteiger partial charge in [0.2, 0.25) is 0 Å². The van der Waals surface area contributed by atoms with Gasteiger partial charge < -0.3 is 19.9 Å². The Bertz CT molecular complexity index is 1180. The van der Waals surface area contributed by atoms with Crippen LogP contribution in [-0.4, -0.2) is 54.5 Å². The topological polar surface area (TPSA) is 74.8 Å². The molecule has 1 N–H and O–H groups in total. The van der Waals surface area contributed by atoms with Crippen molar-refractivity contribution in [1.29, 1.82) is 0 Å². The molecule has 1 aromatic heterocycles. The third-order valence-corrected chi connectivity index (χ3v) is 6.82. The minimum absolute atomic E-state index is 0.00858. The van der Waals surface area contributed by atoms with Gasteiger partial charge in [-0.25, -0.2) is 0 Å². The van der Waals surface area contributed by atoms with Gasteiger partial charge in [0, 0.05) is 43.0 Å². The molecular formula is C28H30N4O3. The summed E-state index contributed by atoms with van der Waals surface area (Å²) in [6, 6.07) is 21.0. The van der Waals surface area contributed by atoms with Crippen LogP contribution in [0.25, 0.3) is 0 Å². The molecule has 0 saturated carbocycles. The lowest BCUT2D eigenvalue weighted by atomic mass is 9.90. The highest BCUT2D eigenvalue weighted by atomic mass is 16.5. The van der Waals surface area contributed by atoms with E-state index >= 15 is 0 Å². The molecule has 0 spiro atoms. The maximum absolute atomic E-state index is 12.5. The van der Waals surface area contributed by atoms with Crippen LogP contribution in [0.3, 0.4) is 0 Å². The molecule has 7 nitrogen and oxygen atoms in total. The van der Waals surface area contributed by atoms with Crippen LogP contribution in [0.2, 0.25) is 0 Å². The van der Waals surface area contributed by atoms with E-state index in [4.69, 9.17) is 9.72 Å². The second kappa shape index (κ2) is 10.7. The summed E-state index contributed by atoms with van der Waals surface area (Å²) in [5, 5.41) is 3.04. The minimum Gasteiger partial charge on any atom is -0.482 e. The summed E-state index contributed by atoms with van der Waals surface area (Å²) < 4.78 is 5.55. The maximum atomic E-state index is 12.5. The smallest absolute Gasteiger partial charge is 0.265 e. The summed E-state index contributed by atoms with van der Waals surface area (Å²) in [4.78, 5) is 33.9. The standard InChI is InChI=1S/C28H30N4O3/c33-26-20-35-25-11-5-4-10-24(25)32(26)18-17-31-15-12-21(13-16-31)27-23(9-6-14-29-27)19-30-28(34)22-7-2-1-3-8-22/h1-11,14,21H,12-13,15-20H2,(H,30,34). The summed E-state index contributed by atoms with van der Waals surface area (Å²) in [5.41, 5.74) is 3.67. The van der Waals surface area contributed by atoms with E-state index in [-0.39, 0.29) is 18.4 Å². The van der Waals surface area contributed by atoms with Crippen molar-refractivity contribution in [2.24, 2.45) is 0 Å². The molecular weight excluding hydrogens is 440 g/mol. The van der Waals surface area contributed by atoms with Crippen LogP contribution in [-0.2, 0) is 11.3 Å². The fraction of sp³-hybridized carbons (Fsp3) is 0.321. The highest BCUT2D eigenvalue weighted by Gasteiger charge is 2.27.